The molecule has 0 bridgehead atoms. The first-order valence-electron chi connectivity index (χ1n) is 5.48. The highest BCUT2D eigenvalue weighted by Crippen LogP contribution is 2.38. The molecule has 3 N–H and O–H groups in total. The zero-order chi connectivity index (χ0) is 12.7. The van der Waals surface area contributed by atoms with Crippen LogP contribution in [-0.2, 0) is 9.53 Å². The second-order valence-corrected chi connectivity index (χ2v) is 4.95. The van der Waals surface area contributed by atoms with E-state index in [9.17, 15) is 20.1 Å². The lowest BCUT2D eigenvalue weighted by Gasteiger charge is -2.39. The molecule has 0 radical (unpaired) electrons. The molecule has 1 aliphatic rings. The van der Waals surface area contributed by atoms with E-state index in [1.807, 2.05) is 0 Å². The zero-order valence-electron chi connectivity index (χ0n) is 10.1. The van der Waals surface area contributed by atoms with Crippen molar-refractivity contribution in [2.45, 2.75) is 57.5 Å². The van der Waals surface area contributed by atoms with Crippen molar-refractivity contribution in [3.8, 4) is 0 Å². The maximum atomic E-state index is 11.3. The maximum Gasteiger partial charge on any atom is 0.312 e. The molecule has 0 aromatic rings. The maximum absolute atomic E-state index is 11.3. The molecule has 0 unspecified atom stereocenters. The summed E-state index contributed by atoms with van der Waals surface area (Å²) >= 11 is 0. The first-order valence-corrected chi connectivity index (χ1v) is 5.48. The molecule has 5 nitrogen and oxygen atoms in total. The molecule has 5 heteroatoms. The van der Waals surface area contributed by atoms with Gasteiger partial charge in [0.2, 0.25) is 0 Å². The minimum Gasteiger partial charge on any atom is -0.453 e. The summed E-state index contributed by atoms with van der Waals surface area (Å²) in [7, 11) is 0. The van der Waals surface area contributed by atoms with Crippen LogP contribution in [0.25, 0.3) is 0 Å². The summed E-state index contributed by atoms with van der Waals surface area (Å²) in [6.45, 7) is 6.13. The van der Waals surface area contributed by atoms with E-state index in [2.05, 4.69) is 0 Å². The summed E-state index contributed by atoms with van der Waals surface area (Å²) in [4.78, 5) is 11.3. The summed E-state index contributed by atoms with van der Waals surface area (Å²) < 4.78 is 5.02. The average molecular weight is 232 g/mol. The first-order chi connectivity index (χ1) is 7.16. The van der Waals surface area contributed by atoms with Gasteiger partial charge in [-0.3, -0.25) is 4.79 Å². The number of carbonyl (C=O) groups excluding carboxylic acids is 1. The van der Waals surface area contributed by atoms with Crippen LogP contribution in [0.15, 0.2) is 0 Å². The summed E-state index contributed by atoms with van der Waals surface area (Å²) in [6, 6.07) is 0. The van der Waals surface area contributed by atoms with Crippen molar-refractivity contribution in [1.82, 2.24) is 0 Å². The molecule has 0 aromatic heterocycles. The summed E-state index contributed by atoms with van der Waals surface area (Å²) in [5.41, 5.74) is -2.85. The Labute approximate surface area is 95.0 Å². The summed E-state index contributed by atoms with van der Waals surface area (Å²) in [5, 5.41) is 29.9. The molecular weight excluding hydrogens is 212 g/mol. The summed E-state index contributed by atoms with van der Waals surface area (Å²) in [5.74, 6) is -1.24. The van der Waals surface area contributed by atoms with Crippen molar-refractivity contribution in [2.24, 2.45) is 5.92 Å². The Morgan fingerprint density at radius 2 is 2.12 bits per heavy atom. The van der Waals surface area contributed by atoms with Gasteiger partial charge in [0, 0.05) is 0 Å². The second kappa shape index (κ2) is 3.98. The highest BCUT2D eigenvalue weighted by Gasteiger charge is 2.58. The third kappa shape index (κ3) is 1.83. The highest BCUT2D eigenvalue weighted by molar-refractivity contribution is 5.76. The molecule has 1 heterocycles. The van der Waals surface area contributed by atoms with Gasteiger partial charge in [-0.05, 0) is 27.2 Å². The third-order valence-corrected chi connectivity index (χ3v) is 3.60. The van der Waals surface area contributed by atoms with Crippen LogP contribution in [0.5, 0.6) is 0 Å². The largest absolute Gasteiger partial charge is 0.453 e. The van der Waals surface area contributed by atoms with Gasteiger partial charge >= 0.3 is 5.97 Å². The minimum absolute atomic E-state index is 0.294. The van der Waals surface area contributed by atoms with E-state index in [1.165, 1.54) is 20.8 Å². The number of carbonyl (C=O) groups is 1. The lowest BCUT2D eigenvalue weighted by atomic mass is 9.79. The Hall–Kier alpha value is -0.650. The van der Waals surface area contributed by atoms with Crippen molar-refractivity contribution >= 4 is 5.97 Å². The Balaban J connectivity index is 2.99. The lowest BCUT2D eigenvalue weighted by molar-refractivity contribution is -0.195. The lowest BCUT2D eigenvalue weighted by Crippen LogP contribution is -2.58. The molecule has 0 saturated carbocycles. The minimum atomic E-state index is -1.45. The number of aliphatic hydroxyl groups is 3. The van der Waals surface area contributed by atoms with Crippen molar-refractivity contribution in [1.29, 1.82) is 0 Å². The molecule has 1 saturated heterocycles. The van der Waals surface area contributed by atoms with Crippen LogP contribution < -0.4 is 0 Å². The fourth-order valence-electron chi connectivity index (χ4n) is 2.02. The van der Waals surface area contributed by atoms with Crippen LogP contribution in [0.4, 0.5) is 0 Å². The van der Waals surface area contributed by atoms with E-state index in [1.54, 1.807) is 6.92 Å². The van der Waals surface area contributed by atoms with E-state index >= 15 is 0 Å². The standard InChI is InChI=1S/C11H20O5/c1-5-10(3,15)9(14)11(4)7(12)6(2)8(13)16-11/h6-7,9,12,14-15H,5H2,1-4H3/t6-,7+,9+,10-,11+/m1/s1. The molecule has 0 aliphatic carbocycles. The number of rotatable bonds is 3. The van der Waals surface area contributed by atoms with Gasteiger partial charge in [-0.25, -0.2) is 0 Å². The number of cyclic esters (lactones) is 1. The smallest absolute Gasteiger partial charge is 0.312 e. The first kappa shape index (κ1) is 13.4. The van der Waals surface area contributed by atoms with Crippen molar-refractivity contribution in [3.63, 3.8) is 0 Å². The van der Waals surface area contributed by atoms with Gasteiger partial charge in [-0.1, -0.05) is 6.92 Å². The zero-order valence-corrected chi connectivity index (χ0v) is 10.1. The molecule has 5 atom stereocenters. The van der Waals surface area contributed by atoms with Crippen LogP contribution in [0.3, 0.4) is 0 Å². The molecule has 0 aromatic carbocycles. The molecule has 94 valence electrons. The van der Waals surface area contributed by atoms with Gasteiger partial charge in [-0.15, -0.1) is 0 Å². The SMILES string of the molecule is CC[C@@](C)(O)[C@H](O)[C@@]1(C)OC(=O)[C@H](C)[C@@H]1O. The van der Waals surface area contributed by atoms with E-state index in [4.69, 9.17) is 4.74 Å². The molecule has 1 aliphatic heterocycles. The molecule has 1 fully saturated rings. The topological polar surface area (TPSA) is 87.0 Å². The van der Waals surface area contributed by atoms with Crippen LogP contribution in [0.1, 0.15) is 34.1 Å². The third-order valence-electron chi connectivity index (χ3n) is 3.60. The summed E-state index contributed by atoms with van der Waals surface area (Å²) in [6.07, 6.45) is -2.15. The predicted molar refractivity (Wildman–Crippen MR) is 56.6 cm³/mol. The normalized spacial score (nSPS) is 40.3. The number of ether oxygens (including phenoxy) is 1. The van der Waals surface area contributed by atoms with Gasteiger partial charge in [0.05, 0.1) is 11.5 Å². The van der Waals surface area contributed by atoms with E-state index in [0.29, 0.717) is 6.42 Å². The van der Waals surface area contributed by atoms with Crippen molar-refractivity contribution in [2.75, 3.05) is 0 Å². The van der Waals surface area contributed by atoms with Crippen LogP contribution in [0.2, 0.25) is 0 Å². The Kier molecular flexibility index (Phi) is 3.34. The second-order valence-electron chi connectivity index (χ2n) is 4.95. The fourth-order valence-corrected chi connectivity index (χ4v) is 2.02. The Morgan fingerprint density at radius 1 is 1.62 bits per heavy atom. The fraction of sp³-hybridized carbons (Fsp3) is 0.909. The van der Waals surface area contributed by atoms with Gasteiger partial charge in [0.1, 0.15) is 12.2 Å². The molecule has 0 amide bonds. The van der Waals surface area contributed by atoms with Gasteiger partial charge in [0.25, 0.3) is 0 Å². The van der Waals surface area contributed by atoms with E-state index < -0.39 is 35.3 Å². The van der Waals surface area contributed by atoms with E-state index in [0.717, 1.165) is 0 Å². The molecule has 0 spiro atoms. The molecule has 16 heavy (non-hydrogen) atoms. The van der Waals surface area contributed by atoms with Gasteiger partial charge in [0.15, 0.2) is 5.60 Å². The molecular formula is C11H20O5. The number of hydrogen-bond donors (Lipinski definition) is 3. The van der Waals surface area contributed by atoms with Gasteiger partial charge < -0.3 is 20.1 Å². The number of esters is 1. The van der Waals surface area contributed by atoms with Crippen LogP contribution in [-0.4, -0.2) is 44.7 Å². The van der Waals surface area contributed by atoms with E-state index in [-0.39, 0.29) is 0 Å². The Morgan fingerprint density at radius 3 is 2.44 bits per heavy atom. The van der Waals surface area contributed by atoms with Crippen molar-refractivity contribution < 1.29 is 24.9 Å². The number of hydrogen-bond acceptors (Lipinski definition) is 5. The average Bonchev–Trinajstić information content (AvgIpc) is 2.43. The predicted octanol–water partition coefficient (Wildman–Crippen LogP) is -0.179. The van der Waals surface area contributed by atoms with Crippen molar-refractivity contribution in [3.05, 3.63) is 0 Å². The Bertz CT molecular complexity index is 288. The molecule has 1 rings (SSSR count). The van der Waals surface area contributed by atoms with Crippen LogP contribution in [0, 0.1) is 5.92 Å². The monoisotopic (exact) mass is 232 g/mol. The quantitative estimate of drug-likeness (QED) is 0.588. The number of aliphatic hydroxyl groups excluding tert-OH is 2. The van der Waals surface area contributed by atoms with Gasteiger partial charge in [-0.2, -0.15) is 0 Å². The van der Waals surface area contributed by atoms with Crippen LogP contribution >= 0.6 is 0 Å². The highest BCUT2D eigenvalue weighted by atomic mass is 16.6.